The van der Waals surface area contributed by atoms with Crippen LogP contribution in [0.25, 0.3) is 0 Å². The van der Waals surface area contributed by atoms with Gasteiger partial charge in [0.1, 0.15) is 10.4 Å². The number of aromatic nitrogens is 2. The maximum absolute atomic E-state index is 12.5. The summed E-state index contributed by atoms with van der Waals surface area (Å²) in [6.45, 7) is 4.90. The molecule has 3 nitrogen and oxygen atoms in total. The third kappa shape index (κ3) is 3.07. The van der Waals surface area contributed by atoms with E-state index in [4.69, 9.17) is 0 Å². The van der Waals surface area contributed by atoms with Gasteiger partial charge < -0.3 is 4.90 Å². The SMILES string of the molecule is CCN(CC)c1cc(Br)nc(C(F)(F)F)n1. The molecule has 0 aliphatic rings. The lowest BCUT2D eigenvalue weighted by atomic mass is 10.4. The summed E-state index contributed by atoms with van der Waals surface area (Å²) in [7, 11) is 0. The first-order chi connectivity index (χ1) is 7.38. The van der Waals surface area contributed by atoms with Crippen LogP contribution in [0.1, 0.15) is 19.7 Å². The summed E-state index contributed by atoms with van der Waals surface area (Å²) in [5.74, 6) is -0.844. The van der Waals surface area contributed by atoms with E-state index in [0.29, 0.717) is 13.1 Å². The zero-order valence-electron chi connectivity index (χ0n) is 8.85. The molecule has 0 fully saturated rings. The molecular formula is C9H11BrF3N3. The van der Waals surface area contributed by atoms with Crippen molar-refractivity contribution >= 4 is 21.7 Å². The molecule has 0 spiro atoms. The Morgan fingerprint density at radius 3 is 2.25 bits per heavy atom. The molecule has 16 heavy (non-hydrogen) atoms. The third-order valence-corrected chi connectivity index (χ3v) is 2.43. The van der Waals surface area contributed by atoms with E-state index in [1.165, 1.54) is 6.07 Å². The largest absolute Gasteiger partial charge is 0.451 e. The molecule has 0 unspecified atom stereocenters. The van der Waals surface area contributed by atoms with Crippen molar-refractivity contribution in [3.05, 3.63) is 16.5 Å². The van der Waals surface area contributed by atoms with Crippen molar-refractivity contribution in [1.29, 1.82) is 0 Å². The average Bonchev–Trinajstić information content (AvgIpc) is 2.17. The molecule has 1 heterocycles. The molecule has 1 aromatic rings. The molecule has 90 valence electrons. The zero-order valence-corrected chi connectivity index (χ0v) is 10.4. The predicted molar refractivity (Wildman–Crippen MR) is 58.3 cm³/mol. The van der Waals surface area contributed by atoms with Gasteiger partial charge >= 0.3 is 6.18 Å². The lowest BCUT2D eigenvalue weighted by Crippen LogP contribution is -2.24. The van der Waals surface area contributed by atoms with Crippen LogP contribution in [-0.2, 0) is 6.18 Å². The van der Waals surface area contributed by atoms with Crippen LogP contribution in [0.15, 0.2) is 10.7 Å². The molecule has 0 aliphatic carbocycles. The van der Waals surface area contributed by atoms with Gasteiger partial charge in [-0.2, -0.15) is 13.2 Å². The first-order valence-electron chi connectivity index (χ1n) is 4.75. The number of hydrogen-bond acceptors (Lipinski definition) is 3. The Morgan fingerprint density at radius 1 is 1.25 bits per heavy atom. The zero-order chi connectivity index (χ0) is 12.3. The molecule has 0 N–H and O–H groups in total. The Morgan fingerprint density at radius 2 is 1.81 bits per heavy atom. The Labute approximate surface area is 99.8 Å². The number of nitrogens with zero attached hydrogens (tertiary/aromatic N) is 3. The molecule has 7 heteroatoms. The van der Waals surface area contributed by atoms with E-state index in [1.807, 2.05) is 13.8 Å². The Bertz CT molecular complexity index is 364. The number of hydrogen-bond donors (Lipinski definition) is 0. The predicted octanol–water partition coefficient (Wildman–Crippen LogP) is 3.10. The highest BCUT2D eigenvalue weighted by Crippen LogP contribution is 2.29. The fraction of sp³-hybridized carbons (Fsp3) is 0.556. The van der Waals surface area contributed by atoms with Crippen LogP contribution in [0.5, 0.6) is 0 Å². The smallest absolute Gasteiger partial charge is 0.357 e. The number of halogens is 4. The van der Waals surface area contributed by atoms with Gasteiger partial charge in [-0.1, -0.05) is 0 Å². The lowest BCUT2D eigenvalue weighted by molar-refractivity contribution is -0.145. The van der Waals surface area contributed by atoms with E-state index in [0.717, 1.165) is 0 Å². The molecule has 0 atom stereocenters. The van der Waals surface area contributed by atoms with Gasteiger partial charge in [-0.05, 0) is 29.8 Å². The first-order valence-corrected chi connectivity index (χ1v) is 5.54. The van der Waals surface area contributed by atoms with Crippen molar-refractivity contribution in [2.75, 3.05) is 18.0 Å². The van der Waals surface area contributed by atoms with Gasteiger partial charge in [0.25, 0.3) is 0 Å². The second-order valence-corrected chi connectivity index (χ2v) is 3.86. The Balaban J connectivity index is 3.17. The summed E-state index contributed by atoms with van der Waals surface area (Å²) in [5, 5.41) is 0. The lowest BCUT2D eigenvalue weighted by Gasteiger charge is -2.20. The van der Waals surface area contributed by atoms with Crippen molar-refractivity contribution < 1.29 is 13.2 Å². The maximum Gasteiger partial charge on any atom is 0.451 e. The molecule has 0 saturated carbocycles. The molecule has 0 radical (unpaired) electrons. The summed E-state index contributed by atoms with van der Waals surface area (Å²) >= 11 is 2.95. The standard InChI is InChI=1S/C9H11BrF3N3/c1-3-16(4-2)7-5-6(10)14-8(15-7)9(11,12)13/h5H,3-4H2,1-2H3. The van der Waals surface area contributed by atoms with Crippen molar-refractivity contribution in [2.24, 2.45) is 0 Å². The molecule has 0 bridgehead atoms. The quantitative estimate of drug-likeness (QED) is 0.803. The van der Waals surface area contributed by atoms with Crippen LogP contribution in [0, 0.1) is 0 Å². The molecular weight excluding hydrogens is 287 g/mol. The van der Waals surface area contributed by atoms with Gasteiger partial charge in [-0.15, -0.1) is 0 Å². The molecule has 0 saturated heterocycles. The van der Waals surface area contributed by atoms with Crippen LogP contribution in [-0.4, -0.2) is 23.1 Å². The van der Waals surface area contributed by atoms with Gasteiger partial charge in [0.05, 0.1) is 0 Å². The van der Waals surface area contributed by atoms with E-state index < -0.39 is 12.0 Å². The van der Waals surface area contributed by atoms with Crippen LogP contribution >= 0.6 is 15.9 Å². The van der Waals surface area contributed by atoms with Crippen LogP contribution < -0.4 is 4.90 Å². The molecule has 0 aromatic carbocycles. The summed E-state index contributed by atoms with van der Waals surface area (Å²) in [6.07, 6.45) is -4.52. The Hall–Kier alpha value is -0.850. The van der Waals surface area contributed by atoms with E-state index in [-0.39, 0.29) is 10.4 Å². The highest BCUT2D eigenvalue weighted by molar-refractivity contribution is 9.10. The normalized spacial score (nSPS) is 11.6. The van der Waals surface area contributed by atoms with Gasteiger partial charge in [-0.25, -0.2) is 9.97 Å². The average molecular weight is 298 g/mol. The maximum atomic E-state index is 12.5. The highest BCUT2D eigenvalue weighted by Gasteiger charge is 2.35. The molecule has 0 aliphatic heterocycles. The second kappa shape index (κ2) is 4.99. The minimum atomic E-state index is -4.52. The van der Waals surface area contributed by atoms with Crippen LogP contribution in [0.2, 0.25) is 0 Å². The highest BCUT2D eigenvalue weighted by atomic mass is 79.9. The summed E-state index contributed by atoms with van der Waals surface area (Å²) in [4.78, 5) is 8.54. The van der Waals surface area contributed by atoms with Gasteiger partial charge in [0, 0.05) is 19.2 Å². The van der Waals surface area contributed by atoms with Crippen molar-refractivity contribution in [2.45, 2.75) is 20.0 Å². The molecule has 1 aromatic heterocycles. The summed E-state index contributed by atoms with van der Waals surface area (Å²) in [5.41, 5.74) is 0. The first kappa shape index (κ1) is 13.2. The van der Waals surface area contributed by atoms with Crippen molar-refractivity contribution in [1.82, 2.24) is 9.97 Å². The summed E-state index contributed by atoms with van der Waals surface area (Å²) in [6, 6.07) is 1.47. The molecule has 0 amide bonds. The fourth-order valence-electron chi connectivity index (χ4n) is 1.24. The fourth-order valence-corrected chi connectivity index (χ4v) is 1.61. The van der Waals surface area contributed by atoms with Gasteiger partial charge in [0.15, 0.2) is 0 Å². The summed E-state index contributed by atoms with van der Waals surface area (Å²) < 4.78 is 37.5. The van der Waals surface area contributed by atoms with Crippen molar-refractivity contribution in [3.63, 3.8) is 0 Å². The van der Waals surface area contributed by atoms with Gasteiger partial charge in [-0.3, -0.25) is 0 Å². The van der Waals surface area contributed by atoms with E-state index in [1.54, 1.807) is 4.90 Å². The number of alkyl halides is 3. The minimum Gasteiger partial charge on any atom is -0.357 e. The van der Waals surface area contributed by atoms with E-state index >= 15 is 0 Å². The second-order valence-electron chi connectivity index (χ2n) is 3.04. The van der Waals surface area contributed by atoms with E-state index in [2.05, 4.69) is 25.9 Å². The molecule has 1 rings (SSSR count). The Kier molecular flexibility index (Phi) is 4.12. The third-order valence-electron chi connectivity index (χ3n) is 2.02. The topological polar surface area (TPSA) is 29.0 Å². The van der Waals surface area contributed by atoms with Crippen LogP contribution in [0.3, 0.4) is 0 Å². The van der Waals surface area contributed by atoms with E-state index in [9.17, 15) is 13.2 Å². The number of rotatable bonds is 3. The monoisotopic (exact) mass is 297 g/mol. The van der Waals surface area contributed by atoms with Crippen LogP contribution in [0.4, 0.5) is 19.0 Å². The number of anilines is 1. The van der Waals surface area contributed by atoms with Gasteiger partial charge in [0.2, 0.25) is 5.82 Å². The minimum absolute atomic E-state index is 0.136. The van der Waals surface area contributed by atoms with Crippen molar-refractivity contribution in [3.8, 4) is 0 Å².